The summed E-state index contributed by atoms with van der Waals surface area (Å²) in [5.41, 5.74) is 0.748. The number of nitrogens with zero attached hydrogens (tertiary/aromatic N) is 2. The van der Waals surface area contributed by atoms with Gasteiger partial charge in [0.15, 0.2) is 0 Å². The van der Waals surface area contributed by atoms with Crippen molar-refractivity contribution < 1.29 is 9.90 Å². The van der Waals surface area contributed by atoms with Crippen molar-refractivity contribution in [2.75, 3.05) is 25.5 Å². The average molecular weight is 291 g/mol. The van der Waals surface area contributed by atoms with Crippen LogP contribution in [0.2, 0.25) is 0 Å². The molecule has 2 N–H and O–H groups in total. The first-order chi connectivity index (χ1) is 9.82. The van der Waals surface area contributed by atoms with Crippen LogP contribution >= 0.6 is 0 Å². The molecule has 1 aromatic heterocycles. The van der Waals surface area contributed by atoms with E-state index in [1.807, 2.05) is 6.07 Å². The van der Waals surface area contributed by atoms with Crippen molar-refractivity contribution in [1.82, 2.24) is 9.88 Å². The van der Waals surface area contributed by atoms with Gasteiger partial charge in [-0.1, -0.05) is 13.8 Å². The minimum Gasteiger partial charge on any atom is -0.388 e. The summed E-state index contributed by atoms with van der Waals surface area (Å²) in [5, 5.41) is 13.2. The van der Waals surface area contributed by atoms with Crippen molar-refractivity contribution in [2.24, 2.45) is 0 Å². The lowest BCUT2D eigenvalue weighted by atomic mass is 9.94. The summed E-state index contributed by atoms with van der Waals surface area (Å²) in [6.45, 7) is 6.99. The maximum absolute atomic E-state index is 12.7. The van der Waals surface area contributed by atoms with Crippen molar-refractivity contribution in [3.8, 4) is 0 Å². The van der Waals surface area contributed by atoms with Crippen molar-refractivity contribution >= 4 is 11.7 Å². The van der Waals surface area contributed by atoms with E-state index in [1.54, 1.807) is 24.9 Å². The first-order valence-corrected chi connectivity index (χ1v) is 7.54. The van der Waals surface area contributed by atoms with Gasteiger partial charge in [0, 0.05) is 31.4 Å². The molecule has 2 heterocycles. The summed E-state index contributed by atoms with van der Waals surface area (Å²) in [6, 6.07) is 3.63. The van der Waals surface area contributed by atoms with E-state index < -0.39 is 5.60 Å². The zero-order valence-electron chi connectivity index (χ0n) is 13.3. The number of aliphatic hydroxyl groups is 1. The zero-order chi connectivity index (χ0) is 15.6. The first kappa shape index (κ1) is 15.8. The first-order valence-electron chi connectivity index (χ1n) is 7.54. The van der Waals surface area contributed by atoms with E-state index in [0.29, 0.717) is 24.5 Å². The molecule has 1 aliphatic rings. The number of carbonyl (C=O) groups excluding carboxylic acids is 1. The molecule has 1 aromatic rings. The van der Waals surface area contributed by atoms with Crippen molar-refractivity contribution in [1.29, 1.82) is 0 Å². The number of hydrogen-bond donors (Lipinski definition) is 2. The third-order valence-corrected chi connectivity index (χ3v) is 3.90. The summed E-state index contributed by atoms with van der Waals surface area (Å²) < 4.78 is 0. The maximum atomic E-state index is 12.7. The molecule has 5 heteroatoms. The summed E-state index contributed by atoms with van der Waals surface area (Å²) >= 11 is 0. The van der Waals surface area contributed by atoms with Gasteiger partial charge in [-0.2, -0.15) is 0 Å². The Bertz CT molecular complexity index is 526. The molecule has 0 radical (unpaired) electrons. The van der Waals surface area contributed by atoms with Crippen LogP contribution in [0.15, 0.2) is 12.1 Å². The number of carbonyl (C=O) groups is 1. The number of β-amino-alcohol motifs (C(OH)–C–C–N with tert-alkyl or cyclic N) is 1. The number of rotatable bonds is 3. The minimum atomic E-state index is -0.784. The summed E-state index contributed by atoms with van der Waals surface area (Å²) in [7, 11) is 1.80. The minimum absolute atomic E-state index is 0.0317. The van der Waals surface area contributed by atoms with Gasteiger partial charge in [-0.25, -0.2) is 4.98 Å². The van der Waals surface area contributed by atoms with Crippen LogP contribution in [0.3, 0.4) is 0 Å². The third kappa shape index (κ3) is 3.73. The van der Waals surface area contributed by atoms with E-state index in [4.69, 9.17) is 0 Å². The predicted octanol–water partition coefficient (Wildman–Crippen LogP) is 2.23. The molecular weight excluding hydrogens is 266 g/mol. The van der Waals surface area contributed by atoms with Crippen LogP contribution in [0, 0.1) is 0 Å². The molecule has 1 saturated heterocycles. The van der Waals surface area contributed by atoms with Gasteiger partial charge < -0.3 is 15.3 Å². The number of likely N-dealkylation sites (tertiary alicyclic amines) is 1. The zero-order valence-corrected chi connectivity index (χ0v) is 13.3. The third-order valence-electron chi connectivity index (χ3n) is 3.90. The van der Waals surface area contributed by atoms with Crippen molar-refractivity contribution in [3.05, 3.63) is 23.4 Å². The SMILES string of the molecule is CNc1cc(C(=O)N2CCCC(C)(O)C2)cc(C(C)C)n1. The Morgan fingerprint density at radius 2 is 2.19 bits per heavy atom. The van der Waals surface area contributed by atoms with Crippen LogP contribution in [0.4, 0.5) is 5.82 Å². The van der Waals surface area contributed by atoms with Gasteiger partial charge in [-0.3, -0.25) is 4.79 Å². The highest BCUT2D eigenvalue weighted by Gasteiger charge is 2.31. The van der Waals surface area contributed by atoms with Gasteiger partial charge in [-0.05, 0) is 37.8 Å². The van der Waals surface area contributed by atoms with Gasteiger partial charge in [0.25, 0.3) is 5.91 Å². The number of hydrogen-bond acceptors (Lipinski definition) is 4. The highest BCUT2D eigenvalue weighted by atomic mass is 16.3. The molecular formula is C16H25N3O2. The lowest BCUT2D eigenvalue weighted by Crippen LogP contribution is -2.48. The summed E-state index contributed by atoms with van der Waals surface area (Å²) in [6.07, 6.45) is 1.58. The van der Waals surface area contributed by atoms with Gasteiger partial charge in [-0.15, -0.1) is 0 Å². The Morgan fingerprint density at radius 1 is 1.48 bits per heavy atom. The molecule has 1 unspecified atom stereocenters. The molecule has 0 spiro atoms. The largest absolute Gasteiger partial charge is 0.388 e. The molecule has 1 amide bonds. The van der Waals surface area contributed by atoms with Crippen molar-refractivity contribution in [3.63, 3.8) is 0 Å². The Balaban J connectivity index is 2.28. The topological polar surface area (TPSA) is 65.5 Å². The second-order valence-electron chi connectivity index (χ2n) is 6.40. The molecule has 1 aliphatic heterocycles. The second kappa shape index (κ2) is 6.02. The maximum Gasteiger partial charge on any atom is 0.254 e. The Kier molecular flexibility index (Phi) is 4.52. The van der Waals surface area contributed by atoms with Gasteiger partial charge >= 0.3 is 0 Å². The van der Waals surface area contributed by atoms with E-state index in [-0.39, 0.29) is 11.8 Å². The summed E-state index contributed by atoms with van der Waals surface area (Å²) in [5.74, 6) is 0.929. The number of aromatic nitrogens is 1. The normalized spacial score (nSPS) is 22.5. The molecule has 21 heavy (non-hydrogen) atoms. The Morgan fingerprint density at radius 3 is 2.76 bits per heavy atom. The number of pyridine rings is 1. The molecule has 0 bridgehead atoms. The molecule has 5 nitrogen and oxygen atoms in total. The second-order valence-corrected chi connectivity index (χ2v) is 6.40. The number of nitrogens with one attached hydrogen (secondary N) is 1. The smallest absolute Gasteiger partial charge is 0.254 e. The van der Waals surface area contributed by atoms with Gasteiger partial charge in [0.2, 0.25) is 0 Å². The van der Waals surface area contributed by atoms with Crippen LogP contribution < -0.4 is 5.32 Å². The summed E-state index contributed by atoms with van der Waals surface area (Å²) in [4.78, 5) is 18.9. The molecule has 0 aromatic carbocycles. The fourth-order valence-corrected chi connectivity index (χ4v) is 2.68. The van der Waals surface area contributed by atoms with E-state index in [0.717, 1.165) is 18.5 Å². The lowest BCUT2D eigenvalue weighted by Gasteiger charge is -2.37. The van der Waals surface area contributed by atoms with E-state index in [2.05, 4.69) is 24.1 Å². The molecule has 1 fully saturated rings. The molecule has 2 rings (SSSR count). The van der Waals surface area contributed by atoms with Crippen LogP contribution in [0.25, 0.3) is 0 Å². The fraction of sp³-hybridized carbons (Fsp3) is 0.625. The Labute approximate surface area is 126 Å². The van der Waals surface area contributed by atoms with Crippen LogP contribution in [0.5, 0.6) is 0 Å². The predicted molar refractivity (Wildman–Crippen MR) is 83.6 cm³/mol. The van der Waals surface area contributed by atoms with Crippen LogP contribution in [-0.4, -0.2) is 46.6 Å². The lowest BCUT2D eigenvalue weighted by molar-refractivity contribution is -0.0107. The Hall–Kier alpha value is -1.62. The van der Waals surface area contributed by atoms with E-state index in [1.165, 1.54) is 0 Å². The van der Waals surface area contributed by atoms with E-state index in [9.17, 15) is 9.90 Å². The van der Waals surface area contributed by atoms with Gasteiger partial charge in [0.1, 0.15) is 5.82 Å². The highest BCUT2D eigenvalue weighted by Crippen LogP contribution is 2.24. The molecule has 1 atom stereocenters. The standard InChI is InChI=1S/C16H25N3O2/c1-11(2)13-8-12(9-14(17-4)18-13)15(20)19-7-5-6-16(3,21)10-19/h8-9,11,21H,5-7,10H2,1-4H3,(H,17,18). The molecule has 116 valence electrons. The van der Waals surface area contributed by atoms with Gasteiger partial charge in [0.05, 0.1) is 5.60 Å². The fourth-order valence-electron chi connectivity index (χ4n) is 2.68. The monoisotopic (exact) mass is 291 g/mol. The van der Waals surface area contributed by atoms with Crippen LogP contribution in [0.1, 0.15) is 55.6 Å². The van der Waals surface area contributed by atoms with Crippen molar-refractivity contribution in [2.45, 2.75) is 45.1 Å². The molecule has 0 aliphatic carbocycles. The highest BCUT2D eigenvalue weighted by molar-refractivity contribution is 5.95. The average Bonchev–Trinajstić information content (AvgIpc) is 2.44. The number of amides is 1. The number of anilines is 1. The molecule has 0 saturated carbocycles. The number of piperidine rings is 1. The quantitative estimate of drug-likeness (QED) is 0.896. The van der Waals surface area contributed by atoms with Crippen LogP contribution in [-0.2, 0) is 0 Å². The van der Waals surface area contributed by atoms with E-state index >= 15 is 0 Å².